The average molecular weight is 283 g/mol. The number of ketones is 2. The Morgan fingerprint density at radius 2 is 2.05 bits per heavy atom. The standard InChI is InChI=1S/C17H14FNO2/c18-13-7-4-11(5-8-13)16(21)14-9-6-12-2-1-3-15(20)17(12,14)10-19/h4-5,7-9,12H,1-3,6H2. The van der Waals surface area contributed by atoms with Gasteiger partial charge in [-0.1, -0.05) is 6.08 Å². The van der Waals surface area contributed by atoms with Crippen LogP contribution < -0.4 is 0 Å². The van der Waals surface area contributed by atoms with Gasteiger partial charge in [-0.05, 0) is 49.4 Å². The minimum absolute atomic E-state index is 0.0943. The molecule has 0 aliphatic heterocycles. The third-order valence-electron chi connectivity index (χ3n) is 4.57. The Kier molecular flexibility index (Phi) is 3.21. The number of hydrogen-bond donors (Lipinski definition) is 0. The van der Waals surface area contributed by atoms with Crippen molar-refractivity contribution in [2.24, 2.45) is 11.3 Å². The molecule has 0 aromatic heterocycles. The van der Waals surface area contributed by atoms with Gasteiger partial charge in [0.05, 0.1) is 6.07 Å². The van der Waals surface area contributed by atoms with E-state index in [0.717, 1.165) is 12.8 Å². The Hall–Kier alpha value is -2.28. The minimum Gasteiger partial charge on any atom is -0.298 e. The molecule has 2 unspecified atom stereocenters. The van der Waals surface area contributed by atoms with Crippen molar-refractivity contribution in [1.29, 1.82) is 5.26 Å². The first-order valence-electron chi connectivity index (χ1n) is 7.05. The lowest BCUT2D eigenvalue weighted by molar-refractivity contribution is -0.128. The first kappa shape index (κ1) is 13.7. The van der Waals surface area contributed by atoms with Crippen molar-refractivity contribution in [3.05, 3.63) is 47.3 Å². The van der Waals surface area contributed by atoms with Crippen LogP contribution in [0.25, 0.3) is 0 Å². The zero-order valence-corrected chi connectivity index (χ0v) is 11.4. The van der Waals surface area contributed by atoms with Crippen molar-refractivity contribution in [2.45, 2.75) is 25.7 Å². The Morgan fingerprint density at radius 1 is 1.33 bits per heavy atom. The van der Waals surface area contributed by atoms with Crippen molar-refractivity contribution >= 4 is 11.6 Å². The summed E-state index contributed by atoms with van der Waals surface area (Å²) < 4.78 is 13.0. The molecule has 0 saturated heterocycles. The molecule has 2 aliphatic carbocycles. The molecular formula is C17H14FNO2. The summed E-state index contributed by atoms with van der Waals surface area (Å²) in [6.07, 6.45) is 4.22. The van der Waals surface area contributed by atoms with Gasteiger partial charge in [0, 0.05) is 17.6 Å². The molecule has 1 saturated carbocycles. The number of hydrogen-bond acceptors (Lipinski definition) is 3. The molecule has 106 valence electrons. The zero-order valence-electron chi connectivity index (χ0n) is 11.4. The van der Waals surface area contributed by atoms with Crippen molar-refractivity contribution < 1.29 is 14.0 Å². The number of allylic oxidation sites excluding steroid dienone is 2. The average Bonchev–Trinajstić information content (AvgIpc) is 2.88. The molecule has 0 radical (unpaired) electrons. The van der Waals surface area contributed by atoms with E-state index in [0.29, 0.717) is 18.4 Å². The van der Waals surface area contributed by atoms with E-state index in [4.69, 9.17) is 0 Å². The molecule has 0 N–H and O–H groups in total. The number of halogens is 1. The molecule has 0 amide bonds. The fourth-order valence-corrected chi connectivity index (χ4v) is 3.48. The predicted molar refractivity (Wildman–Crippen MR) is 73.8 cm³/mol. The third-order valence-corrected chi connectivity index (χ3v) is 4.57. The van der Waals surface area contributed by atoms with Crippen LogP contribution in [-0.4, -0.2) is 11.6 Å². The van der Waals surface area contributed by atoms with E-state index in [1.165, 1.54) is 24.3 Å². The quantitative estimate of drug-likeness (QED) is 0.783. The summed E-state index contributed by atoms with van der Waals surface area (Å²) in [5.41, 5.74) is -0.688. The Labute approximate surface area is 122 Å². The van der Waals surface area contributed by atoms with Gasteiger partial charge in [-0.2, -0.15) is 5.26 Å². The highest BCUT2D eigenvalue weighted by Crippen LogP contribution is 2.51. The van der Waals surface area contributed by atoms with E-state index in [1.807, 2.05) is 0 Å². The number of carbonyl (C=O) groups excluding carboxylic acids is 2. The van der Waals surface area contributed by atoms with Gasteiger partial charge in [-0.25, -0.2) is 4.39 Å². The van der Waals surface area contributed by atoms with Crippen molar-refractivity contribution in [3.63, 3.8) is 0 Å². The van der Waals surface area contributed by atoms with Crippen LogP contribution in [-0.2, 0) is 4.79 Å². The lowest BCUT2D eigenvalue weighted by Crippen LogP contribution is -2.41. The second-order valence-corrected chi connectivity index (χ2v) is 5.62. The molecule has 1 aromatic rings. The highest BCUT2D eigenvalue weighted by atomic mass is 19.1. The maximum Gasteiger partial charge on any atom is 0.190 e. The second-order valence-electron chi connectivity index (χ2n) is 5.62. The molecule has 3 rings (SSSR count). The summed E-state index contributed by atoms with van der Waals surface area (Å²) in [6, 6.07) is 7.34. The van der Waals surface area contributed by atoms with Gasteiger partial charge in [0.1, 0.15) is 11.2 Å². The number of Topliss-reactive ketones (excluding diaryl/α,β-unsaturated/α-hetero) is 2. The predicted octanol–water partition coefficient (Wildman–Crippen LogP) is 3.22. The molecule has 21 heavy (non-hydrogen) atoms. The number of nitriles is 1. The Balaban J connectivity index is 2.02. The molecule has 0 heterocycles. The maximum absolute atomic E-state index is 13.0. The van der Waals surface area contributed by atoms with E-state index in [2.05, 4.69) is 6.07 Å². The van der Waals surface area contributed by atoms with Crippen molar-refractivity contribution in [3.8, 4) is 6.07 Å². The summed E-state index contributed by atoms with van der Waals surface area (Å²) >= 11 is 0. The largest absolute Gasteiger partial charge is 0.298 e. The second kappa shape index (κ2) is 4.92. The van der Waals surface area contributed by atoms with Crippen LogP contribution in [0.5, 0.6) is 0 Å². The molecule has 2 atom stereocenters. The Bertz CT molecular complexity index is 684. The molecule has 1 fully saturated rings. The van der Waals surface area contributed by atoms with Crippen LogP contribution >= 0.6 is 0 Å². The summed E-state index contributed by atoms with van der Waals surface area (Å²) in [7, 11) is 0. The van der Waals surface area contributed by atoms with Crippen LogP contribution in [0, 0.1) is 28.5 Å². The van der Waals surface area contributed by atoms with E-state index in [1.54, 1.807) is 6.08 Å². The molecule has 2 aliphatic rings. The number of nitrogens with zero attached hydrogens (tertiary/aromatic N) is 1. The minimum atomic E-state index is -1.29. The zero-order chi connectivity index (χ0) is 15.0. The number of rotatable bonds is 2. The lowest BCUT2D eigenvalue weighted by Gasteiger charge is -2.33. The van der Waals surface area contributed by atoms with E-state index in [9.17, 15) is 19.2 Å². The van der Waals surface area contributed by atoms with E-state index in [-0.39, 0.29) is 23.1 Å². The van der Waals surface area contributed by atoms with Gasteiger partial charge >= 0.3 is 0 Å². The molecule has 4 heteroatoms. The number of carbonyl (C=O) groups is 2. The maximum atomic E-state index is 13.0. The third kappa shape index (κ3) is 1.92. The van der Waals surface area contributed by atoms with Gasteiger partial charge in [0.15, 0.2) is 11.6 Å². The fraction of sp³-hybridized carbons (Fsp3) is 0.353. The first-order chi connectivity index (χ1) is 10.1. The lowest BCUT2D eigenvalue weighted by atomic mass is 9.64. The fourth-order valence-electron chi connectivity index (χ4n) is 3.48. The van der Waals surface area contributed by atoms with Gasteiger partial charge in [-0.15, -0.1) is 0 Å². The SMILES string of the molecule is N#CC12C(=O)CCCC1CC=C2C(=O)c1ccc(F)cc1. The molecule has 3 nitrogen and oxygen atoms in total. The molecule has 0 spiro atoms. The molecular weight excluding hydrogens is 269 g/mol. The summed E-state index contributed by atoms with van der Waals surface area (Å²) in [4.78, 5) is 25.0. The van der Waals surface area contributed by atoms with Crippen molar-refractivity contribution in [2.75, 3.05) is 0 Å². The number of fused-ring (bicyclic) bond motifs is 1. The normalized spacial score (nSPS) is 27.7. The van der Waals surface area contributed by atoms with Gasteiger partial charge in [0.2, 0.25) is 0 Å². The molecule has 1 aromatic carbocycles. The molecule has 0 bridgehead atoms. The monoisotopic (exact) mass is 283 g/mol. The van der Waals surface area contributed by atoms with Crippen molar-refractivity contribution in [1.82, 2.24) is 0 Å². The smallest absolute Gasteiger partial charge is 0.190 e. The van der Waals surface area contributed by atoms with Gasteiger partial charge in [-0.3, -0.25) is 9.59 Å². The van der Waals surface area contributed by atoms with Crippen LogP contribution in [0.15, 0.2) is 35.9 Å². The summed E-state index contributed by atoms with van der Waals surface area (Å²) in [5, 5.41) is 9.61. The van der Waals surface area contributed by atoms with Gasteiger partial charge in [0.25, 0.3) is 0 Å². The van der Waals surface area contributed by atoms with Crippen LogP contribution in [0.3, 0.4) is 0 Å². The highest BCUT2D eigenvalue weighted by molar-refractivity contribution is 6.15. The number of benzene rings is 1. The topological polar surface area (TPSA) is 57.9 Å². The summed E-state index contributed by atoms with van der Waals surface area (Å²) in [6.45, 7) is 0. The van der Waals surface area contributed by atoms with Crippen LogP contribution in [0.4, 0.5) is 4.39 Å². The first-order valence-corrected chi connectivity index (χ1v) is 7.05. The van der Waals surface area contributed by atoms with Crippen LogP contribution in [0.2, 0.25) is 0 Å². The van der Waals surface area contributed by atoms with E-state index < -0.39 is 11.2 Å². The van der Waals surface area contributed by atoms with E-state index >= 15 is 0 Å². The Morgan fingerprint density at radius 3 is 2.71 bits per heavy atom. The highest BCUT2D eigenvalue weighted by Gasteiger charge is 2.55. The van der Waals surface area contributed by atoms with Crippen LogP contribution in [0.1, 0.15) is 36.0 Å². The van der Waals surface area contributed by atoms with Gasteiger partial charge < -0.3 is 0 Å². The summed E-state index contributed by atoms with van der Waals surface area (Å²) in [5.74, 6) is -1.01.